The lowest BCUT2D eigenvalue weighted by Gasteiger charge is -2.40. The highest BCUT2D eigenvalue weighted by Crippen LogP contribution is 2.27. The van der Waals surface area contributed by atoms with Gasteiger partial charge >= 0.3 is 0 Å². The average molecular weight is 291 g/mol. The van der Waals surface area contributed by atoms with E-state index >= 15 is 0 Å². The van der Waals surface area contributed by atoms with Gasteiger partial charge < -0.3 is 15.4 Å². The molecule has 1 fully saturated rings. The number of likely N-dealkylation sites (tertiary alicyclic amines) is 1. The van der Waals surface area contributed by atoms with Crippen LogP contribution in [-0.4, -0.2) is 56.2 Å². The van der Waals surface area contributed by atoms with Crippen LogP contribution in [0, 0.1) is 0 Å². The molecule has 4 nitrogen and oxygen atoms in total. The SMILES string of the molecule is CCN1CCC(N(C)C(CN)c2cccc(OC)c2)CC1. The number of benzene rings is 1. The van der Waals surface area contributed by atoms with Crippen molar-refractivity contribution in [3.8, 4) is 5.75 Å². The van der Waals surface area contributed by atoms with Gasteiger partial charge in [0.1, 0.15) is 5.75 Å². The molecule has 2 rings (SSSR count). The molecular formula is C17H29N3O. The normalized spacial score (nSPS) is 18.9. The molecule has 2 N–H and O–H groups in total. The lowest BCUT2D eigenvalue weighted by Crippen LogP contribution is -2.45. The van der Waals surface area contributed by atoms with Crippen LogP contribution in [0.3, 0.4) is 0 Å². The van der Waals surface area contributed by atoms with Gasteiger partial charge in [0.25, 0.3) is 0 Å². The lowest BCUT2D eigenvalue weighted by atomic mass is 9.98. The van der Waals surface area contributed by atoms with E-state index < -0.39 is 0 Å². The fourth-order valence-electron chi connectivity index (χ4n) is 3.28. The van der Waals surface area contributed by atoms with Crippen LogP contribution in [0.25, 0.3) is 0 Å². The molecule has 21 heavy (non-hydrogen) atoms. The molecule has 1 atom stereocenters. The summed E-state index contributed by atoms with van der Waals surface area (Å²) in [6.07, 6.45) is 2.45. The Morgan fingerprint density at radius 1 is 1.38 bits per heavy atom. The van der Waals surface area contributed by atoms with Crippen molar-refractivity contribution in [2.24, 2.45) is 5.73 Å². The van der Waals surface area contributed by atoms with Crippen molar-refractivity contribution in [1.82, 2.24) is 9.80 Å². The maximum Gasteiger partial charge on any atom is 0.119 e. The molecule has 118 valence electrons. The highest BCUT2D eigenvalue weighted by atomic mass is 16.5. The molecule has 0 bridgehead atoms. The van der Waals surface area contributed by atoms with Crippen LogP contribution in [0.5, 0.6) is 5.75 Å². The van der Waals surface area contributed by atoms with Crippen molar-refractivity contribution < 1.29 is 4.74 Å². The Morgan fingerprint density at radius 3 is 2.67 bits per heavy atom. The quantitative estimate of drug-likeness (QED) is 0.871. The Balaban J connectivity index is 2.06. The van der Waals surface area contributed by atoms with Gasteiger partial charge in [0, 0.05) is 18.6 Å². The molecule has 1 aliphatic rings. The Labute approximate surface area is 128 Å². The molecule has 0 aromatic heterocycles. The minimum absolute atomic E-state index is 0.262. The van der Waals surface area contributed by atoms with Gasteiger partial charge in [-0.25, -0.2) is 0 Å². The number of piperidine rings is 1. The van der Waals surface area contributed by atoms with E-state index in [1.807, 2.05) is 12.1 Å². The molecule has 1 aliphatic heterocycles. The molecule has 0 amide bonds. The minimum Gasteiger partial charge on any atom is -0.497 e. The monoisotopic (exact) mass is 291 g/mol. The summed E-state index contributed by atoms with van der Waals surface area (Å²) in [5.41, 5.74) is 7.31. The maximum absolute atomic E-state index is 6.06. The topological polar surface area (TPSA) is 41.7 Å². The zero-order chi connectivity index (χ0) is 15.2. The Kier molecular flexibility index (Phi) is 6.03. The van der Waals surface area contributed by atoms with Crippen LogP contribution < -0.4 is 10.5 Å². The van der Waals surface area contributed by atoms with Crippen LogP contribution in [0.15, 0.2) is 24.3 Å². The van der Waals surface area contributed by atoms with E-state index in [1.165, 1.54) is 31.5 Å². The molecule has 0 spiro atoms. The first-order chi connectivity index (χ1) is 10.2. The molecule has 0 aliphatic carbocycles. The van der Waals surface area contributed by atoms with Crippen LogP contribution >= 0.6 is 0 Å². The van der Waals surface area contributed by atoms with Crippen molar-refractivity contribution >= 4 is 0 Å². The molecule has 1 heterocycles. The van der Waals surface area contributed by atoms with Crippen LogP contribution in [0.1, 0.15) is 31.4 Å². The van der Waals surface area contributed by atoms with E-state index in [0.717, 1.165) is 12.3 Å². The standard InChI is InChI=1S/C17H29N3O/c1-4-20-10-8-15(9-11-20)19(2)17(13-18)14-6-5-7-16(12-14)21-3/h5-7,12,15,17H,4,8-11,13,18H2,1-3H3. The molecule has 0 radical (unpaired) electrons. The highest BCUT2D eigenvalue weighted by molar-refractivity contribution is 5.30. The predicted octanol–water partition coefficient (Wildman–Crippen LogP) is 2.11. The van der Waals surface area contributed by atoms with Crippen molar-refractivity contribution in [3.63, 3.8) is 0 Å². The molecular weight excluding hydrogens is 262 g/mol. The second kappa shape index (κ2) is 7.78. The minimum atomic E-state index is 0.262. The fraction of sp³-hybridized carbons (Fsp3) is 0.647. The third kappa shape index (κ3) is 3.96. The maximum atomic E-state index is 6.06. The smallest absolute Gasteiger partial charge is 0.119 e. The van der Waals surface area contributed by atoms with Crippen molar-refractivity contribution in [3.05, 3.63) is 29.8 Å². The summed E-state index contributed by atoms with van der Waals surface area (Å²) in [6.45, 7) is 6.43. The summed E-state index contributed by atoms with van der Waals surface area (Å²) in [5.74, 6) is 0.903. The summed E-state index contributed by atoms with van der Waals surface area (Å²) in [7, 11) is 3.92. The van der Waals surface area contributed by atoms with Gasteiger partial charge in [0.05, 0.1) is 7.11 Å². The second-order valence-electron chi connectivity index (χ2n) is 5.86. The molecule has 0 saturated carbocycles. The summed E-state index contributed by atoms with van der Waals surface area (Å²) in [6, 6.07) is 9.17. The molecule has 1 unspecified atom stereocenters. The van der Waals surface area contributed by atoms with E-state index in [9.17, 15) is 0 Å². The third-order valence-electron chi connectivity index (χ3n) is 4.77. The first kappa shape index (κ1) is 16.3. The number of nitrogens with two attached hydrogens (primary N) is 1. The van der Waals surface area contributed by atoms with Gasteiger partial charge in [-0.2, -0.15) is 0 Å². The third-order valence-corrected chi connectivity index (χ3v) is 4.77. The molecule has 1 aromatic carbocycles. The lowest BCUT2D eigenvalue weighted by molar-refractivity contribution is 0.101. The number of hydrogen-bond acceptors (Lipinski definition) is 4. The van der Waals surface area contributed by atoms with Gasteiger partial charge in [0.15, 0.2) is 0 Å². The fourth-order valence-corrected chi connectivity index (χ4v) is 3.28. The van der Waals surface area contributed by atoms with Gasteiger partial charge in [0.2, 0.25) is 0 Å². The first-order valence-electron chi connectivity index (χ1n) is 7.97. The molecule has 4 heteroatoms. The molecule has 1 aromatic rings. The Morgan fingerprint density at radius 2 is 2.10 bits per heavy atom. The Bertz CT molecular complexity index is 430. The summed E-state index contributed by atoms with van der Waals surface area (Å²) in [4.78, 5) is 4.98. The van der Waals surface area contributed by atoms with Crippen LogP contribution in [0.4, 0.5) is 0 Å². The van der Waals surface area contributed by atoms with E-state index in [4.69, 9.17) is 10.5 Å². The first-order valence-corrected chi connectivity index (χ1v) is 7.97. The zero-order valence-corrected chi connectivity index (χ0v) is 13.6. The van der Waals surface area contributed by atoms with Crippen molar-refractivity contribution in [1.29, 1.82) is 0 Å². The number of rotatable bonds is 6. The van der Waals surface area contributed by atoms with Gasteiger partial charge in [-0.3, -0.25) is 4.90 Å². The van der Waals surface area contributed by atoms with Crippen LogP contribution in [-0.2, 0) is 0 Å². The van der Waals surface area contributed by atoms with E-state index in [1.54, 1.807) is 7.11 Å². The van der Waals surface area contributed by atoms with Crippen LogP contribution in [0.2, 0.25) is 0 Å². The van der Waals surface area contributed by atoms with Gasteiger partial charge in [-0.05, 0) is 57.2 Å². The van der Waals surface area contributed by atoms with Gasteiger partial charge in [-0.1, -0.05) is 19.1 Å². The number of ether oxygens (including phenoxy) is 1. The Hall–Kier alpha value is -1.10. The van der Waals surface area contributed by atoms with Gasteiger partial charge in [-0.15, -0.1) is 0 Å². The number of likely N-dealkylation sites (N-methyl/N-ethyl adjacent to an activating group) is 1. The van der Waals surface area contributed by atoms with E-state index in [-0.39, 0.29) is 6.04 Å². The summed E-state index contributed by atoms with van der Waals surface area (Å²) >= 11 is 0. The van der Waals surface area contributed by atoms with E-state index in [2.05, 4.69) is 35.9 Å². The predicted molar refractivity (Wildman–Crippen MR) is 87.7 cm³/mol. The summed E-state index contributed by atoms with van der Waals surface area (Å²) < 4.78 is 5.34. The highest BCUT2D eigenvalue weighted by Gasteiger charge is 2.26. The van der Waals surface area contributed by atoms with E-state index in [0.29, 0.717) is 12.6 Å². The second-order valence-corrected chi connectivity index (χ2v) is 5.86. The van der Waals surface area contributed by atoms with Crippen molar-refractivity contribution in [2.45, 2.75) is 31.8 Å². The average Bonchev–Trinajstić information content (AvgIpc) is 2.55. The zero-order valence-electron chi connectivity index (χ0n) is 13.6. The largest absolute Gasteiger partial charge is 0.497 e. The number of hydrogen-bond donors (Lipinski definition) is 1. The number of methoxy groups -OCH3 is 1. The van der Waals surface area contributed by atoms with Crippen molar-refractivity contribution in [2.75, 3.05) is 40.3 Å². The summed E-state index contributed by atoms with van der Waals surface area (Å²) in [5, 5.41) is 0. The molecule has 1 saturated heterocycles. The number of nitrogens with zero attached hydrogens (tertiary/aromatic N) is 2.